The van der Waals surface area contributed by atoms with E-state index in [-0.39, 0.29) is 5.91 Å². The molecule has 0 atom stereocenters. The number of ether oxygens (including phenoxy) is 1. The molecule has 2 heterocycles. The van der Waals surface area contributed by atoms with Gasteiger partial charge in [0.1, 0.15) is 24.2 Å². The molecular formula is C17H17N5O2. The molecule has 1 amide bonds. The zero-order valence-electron chi connectivity index (χ0n) is 13.2. The van der Waals surface area contributed by atoms with Crippen LogP contribution >= 0.6 is 0 Å². The molecule has 24 heavy (non-hydrogen) atoms. The van der Waals surface area contributed by atoms with Gasteiger partial charge < -0.3 is 10.1 Å². The number of aromatic nitrogens is 4. The first-order valence-corrected chi connectivity index (χ1v) is 7.57. The van der Waals surface area contributed by atoms with Gasteiger partial charge in [-0.3, -0.25) is 9.36 Å². The molecule has 0 bridgehead atoms. The highest BCUT2D eigenvalue weighted by Gasteiger charge is 2.06. The second kappa shape index (κ2) is 7.36. The number of pyridine rings is 1. The Morgan fingerprint density at radius 3 is 2.50 bits per heavy atom. The molecule has 122 valence electrons. The predicted molar refractivity (Wildman–Crippen MR) is 89.1 cm³/mol. The summed E-state index contributed by atoms with van der Waals surface area (Å²) in [7, 11) is 0. The van der Waals surface area contributed by atoms with Crippen molar-refractivity contribution in [3.8, 4) is 11.6 Å². The van der Waals surface area contributed by atoms with Crippen molar-refractivity contribution in [3.63, 3.8) is 0 Å². The lowest BCUT2D eigenvalue weighted by molar-refractivity contribution is -0.115. The molecule has 0 unspecified atom stereocenters. The summed E-state index contributed by atoms with van der Waals surface area (Å²) in [5, 5.41) is 10.3. The standard InChI is InChI=1S/C17H17N5O2/c1-2-24-15-6-3-13(4-7-15)9-17(23)21-14-5-8-16(18-10-14)22-11-19-20-12-22/h3-8,10-12H,2,9H2,1H3,(H,21,23). The van der Waals surface area contributed by atoms with Crippen LogP contribution in [0.15, 0.2) is 55.2 Å². The molecule has 7 nitrogen and oxygen atoms in total. The fraction of sp³-hybridized carbons (Fsp3) is 0.176. The van der Waals surface area contributed by atoms with Crippen molar-refractivity contribution >= 4 is 11.6 Å². The topological polar surface area (TPSA) is 81.9 Å². The molecule has 0 saturated heterocycles. The minimum atomic E-state index is -0.0991. The smallest absolute Gasteiger partial charge is 0.228 e. The molecule has 0 saturated carbocycles. The fourth-order valence-corrected chi connectivity index (χ4v) is 2.19. The minimum absolute atomic E-state index is 0.0991. The lowest BCUT2D eigenvalue weighted by Crippen LogP contribution is -2.14. The van der Waals surface area contributed by atoms with Crippen LogP contribution < -0.4 is 10.1 Å². The summed E-state index contributed by atoms with van der Waals surface area (Å²) in [6.07, 6.45) is 5.02. The summed E-state index contributed by atoms with van der Waals surface area (Å²) in [5.74, 6) is 1.39. The highest BCUT2D eigenvalue weighted by atomic mass is 16.5. The van der Waals surface area contributed by atoms with Crippen LogP contribution in [0.4, 0.5) is 5.69 Å². The molecule has 0 radical (unpaired) electrons. The first-order chi connectivity index (χ1) is 11.7. The average Bonchev–Trinajstić information content (AvgIpc) is 3.12. The summed E-state index contributed by atoms with van der Waals surface area (Å²) < 4.78 is 7.07. The van der Waals surface area contributed by atoms with E-state index in [1.807, 2.05) is 31.2 Å². The zero-order valence-corrected chi connectivity index (χ0v) is 13.2. The first kappa shape index (κ1) is 15.7. The normalized spacial score (nSPS) is 10.4. The number of rotatable bonds is 6. The summed E-state index contributed by atoms with van der Waals surface area (Å²) in [6, 6.07) is 11.1. The number of anilines is 1. The fourth-order valence-electron chi connectivity index (χ4n) is 2.19. The van der Waals surface area contributed by atoms with Crippen molar-refractivity contribution in [2.75, 3.05) is 11.9 Å². The molecule has 1 aromatic carbocycles. The van der Waals surface area contributed by atoms with Crippen LogP contribution in [0.5, 0.6) is 5.75 Å². The van der Waals surface area contributed by atoms with E-state index in [2.05, 4.69) is 20.5 Å². The first-order valence-electron chi connectivity index (χ1n) is 7.57. The van der Waals surface area contributed by atoms with E-state index in [9.17, 15) is 4.79 Å². The van der Waals surface area contributed by atoms with E-state index in [4.69, 9.17) is 4.74 Å². The maximum atomic E-state index is 12.1. The van der Waals surface area contributed by atoms with Gasteiger partial charge in [-0.15, -0.1) is 10.2 Å². The van der Waals surface area contributed by atoms with E-state index >= 15 is 0 Å². The number of amides is 1. The monoisotopic (exact) mass is 323 g/mol. The third-order valence-corrected chi connectivity index (χ3v) is 3.31. The van der Waals surface area contributed by atoms with Gasteiger partial charge in [-0.05, 0) is 36.8 Å². The molecule has 0 fully saturated rings. The minimum Gasteiger partial charge on any atom is -0.494 e. The van der Waals surface area contributed by atoms with Crippen LogP contribution in [0.25, 0.3) is 5.82 Å². The zero-order chi connectivity index (χ0) is 16.8. The highest BCUT2D eigenvalue weighted by Crippen LogP contribution is 2.14. The van der Waals surface area contributed by atoms with Gasteiger partial charge in [-0.2, -0.15) is 0 Å². The Labute approximate surface area is 139 Å². The maximum absolute atomic E-state index is 12.1. The second-order valence-corrected chi connectivity index (χ2v) is 5.08. The molecule has 2 aromatic heterocycles. The number of nitrogens with one attached hydrogen (secondary N) is 1. The SMILES string of the molecule is CCOc1ccc(CC(=O)Nc2ccc(-n3cnnc3)nc2)cc1. The van der Waals surface area contributed by atoms with Crippen LogP contribution in [-0.2, 0) is 11.2 Å². The van der Waals surface area contributed by atoms with Gasteiger partial charge in [0.2, 0.25) is 5.91 Å². The van der Waals surface area contributed by atoms with E-state index in [0.717, 1.165) is 11.3 Å². The predicted octanol–water partition coefficient (Wildman–Crippen LogP) is 2.24. The average molecular weight is 323 g/mol. The molecule has 0 aliphatic rings. The van der Waals surface area contributed by atoms with Crippen LogP contribution in [0.2, 0.25) is 0 Å². The largest absolute Gasteiger partial charge is 0.494 e. The number of hydrogen-bond acceptors (Lipinski definition) is 5. The van der Waals surface area contributed by atoms with Crippen molar-refractivity contribution in [1.82, 2.24) is 19.7 Å². The Kier molecular flexibility index (Phi) is 4.81. The van der Waals surface area contributed by atoms with Crippen molar-refractivity contribution in [1.29, 1.82) is 0 Å². The number of hydrogen-bond donors (Lipinski definition) is 1. The van der Waals surface area contributed by atoms with Gasteiger partial charge in [-0.1, -0.05) is 12.1 Å². The lowest BCUT2D eigenvalue weighted by atomic mass is 10.1. The summed E-state index contributed by atoms with van der Waals surface area (Å²) in [5.41, 5.74) is 1.56. The molecule has 3 rings (SSSR count). The molecule has 3 aromatic rings. The highest BCUT2D eigenvalue weighted by molar-refractivity contribution is 5.92. The Bertz CT molecular complexity index is 783. The van der Waals surface area contributed by atoms with Gasteiger partial charge in [0.05, 0.1) is 24.9 Å². The van der Waals surface area contributed by atoms with Crippen molar-refractivity contribution in [3.05, 3.63) is 60.8 Å². The van der Waals surface area contributed by atoms with E-state index in [0.29, 0.717) is 24.5 Å². The summed E-state index contributed by atoms with van der Waals surface area (Å²) in [6.45, 7) is 2.56. The molecular weight excluding hydrogens is 306 g/mol. The molecule has 7 heteroatoms. The molecule has 0 aliphatic carbocycles. The van der Waals surface area contributed by atoms with Crippen LogP contribution in [-0.4, -0.2) is 32.3 Å². The van der Waals surface area contributed by atoms with E-state index < -0.39 is 0 Å². The van der Waals surface area contributed by atoms with E-state index in [1.165, 1.54) is 0 Å². The van der Waals surface area contributed by atoms with Crippen LogP contribution in [0.3, 0.4) is 0 Å². The lowest BCUT2D eigenvalue weighted by Gasteiger charge is -2.07. The van der Waals surface area contributed by atoms with Gasteiger partial charge in [-0.25, -0.2) is 4.98 Å². The Hall–Kier alpha value is -3.22. The Balaban J connectivity index is 1.58. The number of benzene rings is 1. The van der Waals surface area contributed by atoms with Gasteiger partial charge in [0.15, 0.2) is 0 Å². The number of nitrogens with zero attached hydrogens (tertiary/aromatic N) is 4. The van der Waals surface area contributed by atoms with E-state index in [1.54, 1.807) is 35.6 Å². The van der Waals surface area contributed by atoms with Crippen molar-refractivity contribution < 1.29 is 9.53 Å². The number of carbonyl (C=O) groups excluding carboxylic acids is 1. The second-order valence-electron chi connectivity index (χ2n) is 5.08. The van der Waals surface area contributed by atoms with Crippen molar-refractivity contribution in [2.45, 2.75) is 13.3 Å². The molecule has 0 spiro atoms. The molecule has 1 N–H and O–H groups in total. The van der Waals surface area contributed by atoms with Crippen LogP contribution in [0, 0.1) is 0 Å². The third kappa shape index (κ3) is 3.95. The Morgan fingerprint density at radius 2 is 1.88 bits per heavy atom. The van der Waals surface area contributed by atoms with Gasteiger partial charge in [0, 0.05) is 0 Å². The van der Waals surface area contributed by atoms with Gasteiger partial charge >= 0.3 is 0 Å². The maximum Gasteiger partial charge on any atom is 0.228 e. The van der Waals surface area contributed by atoms with Crippen molar-refractivity contribution in [2.24, 2.45) is 0 Å². The molecule has 0 aliphatic heterocycles. The number of carbonyl (C=O) groups is 1. The Morgan fingerprint density at radius 1 is 1.12 bits per heavy atom. The summed E-state index contributed by atoms with van der Waals surface area (Å²) >= 11 is 0. The summed E-state index contributed by atoms with van der Waals surface area (Å²) in [4.78, 5) is 16.4. The van der Waals surface area contributed by atoms with Crippen LogP contribution in [0.1, 0.15) is 12.5 Å². The van der Waals surface area contributed by atoms with Gasteiger partial charge in [0.25, 0.3) is 0 Å². The third-order valence-electron chi connectivity index (χ3n) is 3.31. The quantitative estimate of drug-likeness (QED) is 0.752.